The first-order chi connectivity index (χ1) is 11.4. The summed E-state index contributed by atoms with van der Waals surface area (Å²) >= 11 is 0. The van der Waals surface area contributed by atoms with Crippen molar-refractivity contribution in [3.63, 3.8) is 0 Å². The van der Waals surface area contributed by atoms with E-state index in [0.717, 1.165) is 38.8 Å². The summed E-state index contributed by atoms with van der Waals surface area (Å²) in [5.41, 5.74) is 7.01. The van der Waals surface area contributed by atoms with Gasteiger partial charge in [0, 0.05) is 13.1 Å². The zero-order valence-corrected chi connectivity index (χ0v) is 13.7. The van der Waals surface area contributed by atoms with Crippen LogP contribution in [-0.4, -0.2) is 24.3 Å². The molecule has 0 spiro atoms. The van der Waals surface area contributed by atoms with E-state index in [1.165, 1.54) is 40.7 Å². The van der Waals surface area contributed by atoms with Crippen molar-refractivity contribution in [2.75, 3.05) is 13.1 Å². The average molecular weight is 304 g/mol. The molecule has 1 heterocycles. The maximum Gasteiger partial charge on any atom is 0.0545 e. The molecule has 2 aromatic carbocycles. The van der Waals surface area contributed by atoms with Crippen LogP contribution in [0.2, 0.25) is 0 Å². The topological polar surface area (TPSA) is 15.6 Å². The van der Waals surface area contributed by atoms with Crippen molar-refractivity contribution >= 4 is 6.21 Å². The monoisotopic (exact) mass is 304 g/mol. The SMILES string of the molecule is C(=N\N1CCCC1)/c1cc2ccc1CCc1ccc(cc1)CC2. The Morgan fingerprint density at radius 2 is 1.35 bits per heavy atom. The summed E-state index contributed by atoms with van der Waals surface area (Å²) in [7, 11) is 0. The summed E-state index contributed by atoms with van der Waals surface area (Å²) in [6.07, 6.45) is 9.05. The molecule has 5 aliphatic rings. The van der Waals surface area contributed by atoms with E-state index >= 15 is 0 Å². The van der Waals surface area contributed by atoms with Gasteiger partial charge in [0.05, 0.1) is 6.21 Å². The predicted molar refractivity (Wildman–Crippen MR) is 96.1 cm³/mol. The number of hydrogen-bond donors (Lipinski definition) is 0. The smallest absolute Gasteiger partial charge is 0.0545 e. The minimum absolute atomic E-state index is 1.08. The molecule has 0 unspecified atom stereocenters. The molecule has 2 heteroatoms. The zero-order chi connectivity index (χ0) is 15.5. The minimum Gasteiger partial charge on any atom is -0.297 e. The fourth-order valence-electron chi connectivity index (χ4n) is 3.55. The summed E-state index contributed by atoms with van der Waals surface area (Å²) in [6, 6.07) is 16.1. The number of hydrogen-bond acceptors (Lipinski definition) is 2. The first-order valence-electron chi connectivity index (χ1n) is 8.85. The third-order valence-electron chi connectivity index (χ3n) is 5.06. The van der Waals surface area contributed by atoms with Crippen LogP contribution in [0, 0.1) is 0 Å². The van der Waals surface area contributed by atoms with Crippen LogP contribution in [0.4, 0.5) is 0 Å². The molecule has 118 valence electrons. The van der Waals surface area contributed by atoms with E-state index in [4.69, 9.17) is 5.10 Å². The fraction of sp³-hybridized carbons (Fsp3) is 0.381. The van der Waals surface area contributed by atoms with Gasteiger partial charge in [-0.25, -0.2) is 0 Å². The molecule has 0 amide bonds. The lowest BCUT2D eigenvalue weighted by Gasteiger charge is -2.13. The fourth-order valence-corrected chi connectivity index (χ4v) is 3.55. The lowest BCUT2D eigenvalue weighted by atomic mass is 9.94. The number of benzene rings is 2. The lowest BCUT2D eigenvalue weighted by molar-refractivity contribution is 0.362. The van der Waals surface area contributed by atoms with Gasteiger partial charge in [-0.15, -0.1) is 0 Å². The van der Waals surface area contributed by atoms with Gasteiger partial charge in [-0.2, -0.15) is 5.10 Å². The lowest BCUT2D eigenvalue weighted by Crippen LogP contribution is -2.12. The Balaban J connectivity index is 1.62. The highest BCUT2D eigenvalue weighted by Crippen LogP contribution is 2.19. The minimum atomic E-state index is 1.08. The molecule has 1 aliphatic heterocycles. The standard InChI is InChI=1S/C21H24N2/c1-2-14-23(13-1)22-16-21-15-19-8-7-17-3-5-18(6-4-17)9-11-20(21)12-10-19/h3-6,10,12,15-16H,1-2,7-9,11,13-14H2/b22-16+. The normalized spacial score (nSPS) is 17.7. The second-order valence-corrected chi connectivity index (χ2v) is 6.76. The molecular formula is C21H24N2. The number of nitrogens with zero attached hydrogens (tertiary/aromatic N) is 2. The van der Waals surface area contributed by atoms with Gasteiger partial charge in [0.15, 0.2) is 0 Å². The molecule has 0 aromatic heterocycles. The van der Waals surface area contributed by atoms with Crippen LogP contribution in [0.15, 0.2) is 47.6 Å². The molecule has 2 nitrogen and oxygen atoms in total. The zero-order valence-electron chi connectivity index (χ0n) is 13.7. The molecule has 0 atom stereocenters. The number of hydrazone groups is 1. The van der Waals surface area contributed by atoms with Gasteiger partial charge in [-0.05, 0) is 72.4 Å². The second kappa shape index (κ2) is 6.57. The van der Waals surface area contributed by atoms with Gasteiger partial charge < -0.3 is 0 Å². The largest absolute Gasteiger partial charge is 0.297 e. The van der Waals surface area contributed by atoms with Crippen molar-refractivity contribution in [3.8, 4) is 0 Å². The Bertz CT molecular complexity index is 694. The van der Waals surface area contributed by atoms with Crippen LogP contribution in [0.25, 0.3) is 0 Å². The molecule has 23 heavy (non-hydrogen) atoms. The van der Waals surface area contributed by atoms with Gasteiger partial charge in [-0.1, -0.05) is 36.4 Å². The van der Waals surface area contributed by atoms with E-state index in [1.807, 2.05) is 0 Å². The summed E-state index contributed by atoms with van der Waals surface area (Å²) in [6.45, 7) is 2.22. The molecular weight excluding hydrogens is 280 g/mol. The van der Waals surface area contributed by atoms with Crippen molar-refractivity contribution in [3.05, 3.63) is 70.3 Å². The Morgan fingerprint density at radius 1 is 0.739 bits per heavy atom. The van der Waals surface area contributed by atoms with Crippen LogP contribution in [0.5, 0.6) is 0 Å². The van der Waals surface area contributed by atoms with Crippen LogP contribution in [0.3, 0.4) is 0 Å². The van der Waals surface area contributed by atoms with Crippen molar-refractivity contribution in [2.45, 2.75) is 38.5 Å². The Hall–Kier alpha value is -2.09. The third kappa shape index (κ3) is 3.47. The first-order valence-corrected chi connectivity index (χ1v) is 8.85. The van der Waals surface area contributed by atoms with E-state index in [1.54, 1.807) is 0 Å². The maximum absolute atomic E-state index is 4.71. The molecule has 4 bridgehead atoms. The summed E-state index contributed by atoms with van der Waals surface area (Å²) < 4.78 is 0. The van der Waals surface area contributed by atoms with E-state index in [0.29, 0.717) is 0 Å². The Kier molecular flexibility index (Phi) is 4.14. The van der Waals surface area contributed by atoms with Crippen LogP contribution in [0.1, 0.15) is 40.7 Å². The molecule has 7 rings (SSSR count). The van der Waals surface area contributed by atoms with Crippen molar-refractivity contribution in [1.82, 2.24) is 5.01 Å². The van der Waals surface area contributed by atoms with Gasteiger partial charge >= 0.3 is 0 Å². The van der Waals surface area contributed by atoms with Gasteiger partial charge in [0.2, 0.25) is 0 Å². The highest BCUT2D eigenvalue weighted by molar-refractivity contribution is 5.82. The molecule has 2 aromatic rings. The van der Waals surface area contributed by atoms with Crippen LogP contribution < -0.4 is 0 Å². The average Bonchev–Trinajstić information content (AvgIpc) is 3.09. The second-order valence-electron chi connectivity index (χ2n) is 6.76. The number of rotatable bonds is 2. The van der Waals surface area contributed by atoms with Gasteiger partial charge in [-0.3, -0.25) is 5.01 Å². The van der Waals surface area contributed by atoms with Crippen molar-refractivity contribution in [2.24, 2.45) is 5.10 Å². The number of aryl methyl sites for hydroxylation is 4. The molecule has 0 N–H and O–H groups in total. The molecule has 4 aliphatic carbocycles. The van der Waals surface area contributed by atoms with E-state index in [2.05, 4.69) is 53.7 Å². The van der Waals surface area contributed by atoms with Gasteiger partial charge in [0.1, 0.15) is 0 Å². The Morgan fingerprint density at radius 3 is 2.09 bits per heavy atom. The summed E-state index contributed by atoms with van der Waals surface area (Å²) in [5, 5.41) is 6.92. The van der Waals surface area contributed by atoms with Crippen LogP contribution in [-0.2, 0) is 25.7 Å². The van der Waals surface area contributed by atoms with E-state index in [-0.39, 0.29) is 0 Å². The highest BCUT2D eigenvalue weighted by atomic mass is 15.5. The van der Waals surface area contributed by atoms with E-state index < -0.39 is 0 Å². The molecule has 1 fully saturated rings. The molecule has 0 saturated carbocycles. The quantitative estimate of drug-likeness (QED) is 0.766. The summed E-state index contributed by atoms with van der Waals surface area (Å²) in [4.78, 5) is 0. The molecule has 1 saturated heterocycles. The highest BCUT2D eigenvalue weighted by Gasteiger charge is 2.09. The van der Waals surface area contributed by atoms with Gasteiger partial charge in [0.25, 0.3) is 0 Å². The van der Waals surface area contributed by atoms with E-state index in [9.17, 15) is 0 Å². The predicted octanol–water partition coefficient (Wildman–Crippen LogP) is 4.00. The maximum atomic E-state index is 4.71. The first kappa shape index (κ1) is 14.5. The Labute approximate surface area is 138 Å². The van der Waals surface area contributed by atoms with Crippen molar-refractivity contribution in [1.29, 1.82) is 0 Å². The summed E-state index contributed by atoms with van der Waals surface area (Å²) in [5.74, 6) is 0. The third-order valence-corrected chi connectivity index (χ3v) is 5.06. The van der Waals surface area contributed by atoms with Crippen molar-refractivity contribution < 1.29 is 0 Å². The van der Waals surface area contributed by atoms with Crippen LogP contribution >= 0.6 is 0 Å². The molecule has 0 radical (unpaired) electrons.